The lowest BCUT2D eigenvalue weighted by Gasteiger charge is -2.17. The van der Waals surface area contributed by atoms with E-state index in [-0.39, 0.29) is 24.5 Å². The molecule has 2 atom stereocenters. The zero-order valence-corrected chi connectivity index (χ0v) is 12.3. The van der Waals surface area contributed by atoms with Crippen molar-refractivity contribution in [3.63, 3.8) is 0 Å². The van der Waals surface area contributed by atoms with Gasteiger partial charge in [-0.25, -0.2) is 0 Å². The van der Waals surface area contributed by atoms with Gasteiger partial charge in [-0.2, -0.15) is 0 Å². The molecule has 0 aromatic heterocycles. The Bertz CT molecular complexity index is 464. The summed E-state index contributed by atoms with van der Waals surface area (Å²) in [4.78, 5) is 13.7. The monoisotopic (exact) mass is 297 g/mol. The highest BCUT2D eigenvalue weighted by molar-refractivity contribution is 6.31. The van der Waals surface area contributed by atoms with Crippen molar-refractivity contribution >= 4 is 17.5 Å². The third kappa shape index (κ3) is 3.95. The number of ether oxygens (including phenoxy) is 1. The average molecular weight is 298 g/mol. The van der Waals surface area contributed by atoms with Gasteiger partial charge in [-0.15, -0.1) is 0 Å². The van der Waals surface area contributed by atoms with E-state index in [0.29, 0.717) is 24.7 Å². The van der Waals surface area contributed by atoms with Crippen LogP contribution in [0.3, 0.4) is 0 Å². The topological polar surface area (TPSA) is 49.8 Å². The summed E-state index contributed by atoms with van der Waals surface area (Å²) in [5, 5.41) is 10.2. The molecule has 4 nitrogen and oxygen atoms in total. The first-order valence-corrected chi connectivity index (χ1v) is 7.22. The molecule has 1 heterocycles. The Kier molecular flexibility index (Phi) is 5.40. The van der Waals surface area contributed by atoms with Crippen LogP contribution >= 0.6 is 11.6 Å². The highest BCUT2D eigenvalue weighted by Gasteiger charge is 2.28. The van der Waals surface area contributed by atoms with Crippen LogP contribution in [0.15, 0.2) is 24.3 Å². The van der Waals surface area contributed by atoms with Crippen molar-refractivity contribution in [2.24, 2.45) is 5.92 Å². The number of nitrogens with zero attached hydrogens (tertiary/aromatic N) is 1. The fourth-order valence-corrected chi connectivity index (χ4v) is 2.55. The summed E-state index contributed by atoms with van der Waals surface area (Å²) in [6.45, 7) is 3.47. The summed E-state index contributed by atoms with van der Waals surface area (Å²) in [7, 11) is 0. The van der Waals surface area contributed by atoms with Crippen molar-refractivity contribution in [3.05, 3.63) is 34.9 Å². The summed E-state index contributed by atoms with van der Waals surface area (Å²) in [6.07, 6.45) is 0.491. The molecule has 1 amide bonds. The van der Waals surface area contributed by atoms with E-state index in [2.05, 4.69) is 0 Å². The second-order valence-electron chi connectivity index (χ2n) is 5.21. The highest BCUT2D eigenvalue weighted by Crippen LogP contribution is 2.20. The minimum absolute atomic E-state index is 0.0276. The van der Waals surface area contributed by atoms with E-state index in [4.69, 9.17) is 16.3 Å². The number of amides is 1. The van der Waals surface area contributed by atoms with Crippen molar-refractivity contribution in [1.82, 2.24) is 4.90 Å². The minimum Gasteiger partial charge on any atom is -0.393 e. The van der Waals surface area contributed by atoms with E-state index in [0.717, 1.165) is 12.0 Å². The largest absolute Gasteiger partial charge is 0.393 e. The van der Waals surface area contributed by atoms with Crippen LogP contribution in [-0.4, -0.2) is 41.7 Å². The van der Waals surface area contributed by atoms with Crippen LogP contribution in [0.4, 0.5) is 0 Å². The van der Waals surface area contributed by atoms with E-state index in [1.54, 1.807) is 17.9 Å². The van der Waals surface area contributed by atoms with Crippen LogP contribution in [0.5, 0.6) is 0 Å². The molecule has 1 saturated heterocycles. The molecule has 1 aromatic carbocycles. The normalized spacial score (nSPS) is 20.1. The van der Waals surface area contributed by atoms with Crippen LogP contribution < -0.4 is 0 Å². The molecule has 0 bridgehead atoms. The zero-order valence-electron chi connectivity index (χ0n) is 11.6. The van der Waals surface area contributed by atoms with Crippen molar-refractivity contribution < 1.29 is 14.6 Å². The maximum atomic E-state index is 12.0. The first kappa shape index (κ1) is 15.3. The predicted molar refractivity (Wildman–Crippen MR) is 77.5 cm³/mol. The van der Waals surface area contributed by atoms with E-state index >= 15 is 0 Å². The molecule has 1 N–H and O–H groups in total. The van der Waals surface area contributed by atoms with Crippen LogP contribution in [0, 0.1) is 5.92 Å². The first-order valence-electron chi connectivity index (χ1n) is 6.85. The standard InChI is InChI=1S/C15H20ClNO3/c1-11(18)12-6-7-17(8-12)15(19)10-20-9-13-4-2-3-5-14(13)16/h2-5,11-12,18H,6-10H2,1H3. The fraction of sp³-hybridized carbons (Fsp3) is 0.533. The molecule has 0 aliphatic carbocycles. The van der Waals surface area contributed by atoms with E-state index in [1.165, 1.54) is 0 Å². The Morgan fingerprint density at radius 3 is 2.95 bits per heavy atom. The number of benzene rings is 1. The first-order chi connectivity index (χ1) is 9.58. The molecular formula is C15H20ClNO3. The number of halogens is 1. The molecule has 0 saturated carbocycles. The SMILES string of the molecule is CC(O)C1CCN(C(=O)COCc2ccccc2Cl)C1. The van der Waals surface area contributed by atoms with Crippen LogP contribution in [-0.2, 0) is 16.1 Å². The minimum atomic E-state index is -0.364. The van der Waals surface area contributed by atoms with E-state index < -0.39 is 0 Å². The number of hydrogen-bond donors (Lipinski definition) is 1. The molecule has 110 valence electrons. The molecule has 0 radical (unpaired) electrons. The summed E-state index contributed by atoms with van der Waals surface area (Å²) in [5.74, 6) is 0.155. The summed E-state index contributed by atoms with van der Waals surface area (Å²) >= 11 is 6.02. The zero-order chi connectivity index (χ0) is 14.5. The maximum absolute atomic E-state index is 12.0. The highest BCUT2D eigenvalue weighted by atomic mass is 35.5. The molecule has 5 heteroatoms. The van der Waals surface area contributed by atoms with Gasteiger partial charge in [0.05, 0.1) is 12.7 Å². The number of hydrogen-bond acceptors (Lipinski definition) is 3. The molecule has 1 aliphatic rings. The lowest BCUT2D eigenvalue weighted by Crippen LogP contribution is -2.33. The lowest BCUT2D eigenvalue weighted by molar-refractivity contribution is -0.135. The van der Waals surface area contributed by atoms with Gasteiger partial charge in [0.15, 0.2) is 0 Å². The quantitative estimate of drug-likeness (QED) is 0.905. The second kappa shape index (κ2) is 7.07. The van der Waals surface area contributed by atoms with E-state index in [1.807, 2.05) is 18.2 Å². The number of carbonyl (C=O) groups excluding carboxylic acids is 1. The van der Waals surface area contributed by atoms with Crippen LogP contribution in [0.25, 0.3) is 0 Å². The number of aliphatic hydroxyl groups excluding tert-OH is 1. The van der Waals surface area contributed by atoms with E-state index in [9.17, 15) is 9.90 Å². The molecule has 1 fully saturated rings. The summed E-state index contributed by atoms with van der Waals surface area (Å²) in [6, 6.07) is 7.43. The van der Waals surface area contributed by atoms with Crippen LogP contribution in [0.1, 0.15) is 18.9 Å². The van der Waals surface area contributed by atoms with Gasteiger partial charge in [0.2, 0.25) is 5.91 Å². The third-order valence-electron chi connectivity index (χ3n) is 3.70. The Morgan fingerprint density at radius 2 is 2.30 bits per heavy atom. The third-order valence-corrected chi connectivity index (χ3v) is 4.07. The molecule has 2 rings (SSSR count). The number of aliphatic hydroxyl groups is 1. The number of likely N-dealkylation sites (tertiary alicyclic amines) is 1. The molecule has 1 aliphatic heterocycles. The molecular weight excluding hydrogens is 278 g/mol. The second-order valence-corrected chi connectivity index (χ2v) is 5.62. The van der Waals surface area contributed by atoms with Gasteiger partial charge in [-0.1, -0.05) is 29.8 Å². The van der Waals surface area contributed by atoms with Gasteiger partial charge in [-0.3, -0.25) is 4.79 Å². The number of carbonyl (C=O) groups is 1. The molecule has 2 unspecified atom stereocenters. The van der Waals surface area contributed by atoms with Gasteiger partial charge < -0.3 is 14.7 Å². The Hall–Kier alpha value is -1.10. The fourth-order valence-electron chi connectivity index (χ4n) is 2.36. The maximum Gasteiger partial charge on any atom is 0.248 e. The Morgan fingerprint density at radius 1 is 1.55 bits per heavy atom. The van der Waals surface area contributed by atoms with Crippen molar-refractivity contribution in [2.75, 3.05) is 19.7 Å². The van der Waals surface area contributed by atoms with Crippen molar-refractivity contribution in [3.8, 4) is 0 Å². The molecule has 0 spiro atoms. The lowest BCUT2D eigenvalue weighted by atomic mass is 10.0. The summed E-state index contributed by atoms with van der Waals surface area (Å²) < 4.78 is 5.43. The van der Waals surface area contributed by atoms with Crippen LogP contribution in [0.2, 0.25) is 5.02 Å². The van der Waals surface area contributed by atoms with Crippen molar-refractivity contribution in [1.29, 1.82) is 0 Å². The summed E-state index contributed by atoms with van der Waals surface area (Å²) in [5.41, 5.74) is 0.880. The van der Waals surface area contributed by atoms with Gasteiger partial charge in [-0.05, 0) is 25.0 Å². The van der Waals surface area contributed by atoms with Gasteiger partial charge >= 0.3 is 0 Å². The predicted octanol–water partition coefficient (Wildman–Crippen LogP) is 2.09. The smallest absolute Gasteiger partial charge is 0.248 e. The Labute approximate surface area is 124 Å². The van der Waals surface area contributed by atoms with Gasteiger partial charge in [0, 0.05) is 24.0 Å². The number of rotatable bonds is 5. The molecule has 20 heavy (non-hydrogen) atoms. The average Bonchev–Trinajstić information content (AvgIpc) is 2.91. The molecule has 1 aromatic rings. The van der Waals surface area contributed by atoms with Crippen molar-refractivity contribution in [2.45, 2.75) is 26.1 Å². The van der Waals surface area contributed by atoms with Gasteiger partial charge in [0.25, 0.3) is 0 Å². The van der Waals surface area contributed by atoms with Gasteiger partial charge in [0.1, 0.15) is 6.61 Å². The Balaban J connectivity index is 1.75.